The predicted molar refractivity (Wildman–Crippen MR) is 83.0 cm³/mol. The molecule has 21 heavy (non-hydrogen) atoms. The van der Waals surface area contributed by atoms with E-state index in [9.17, 15) is 8.42 Å². The van der Waals surface area contributed by atoms with Gasteiger partial charge in [-0.05, 0) is 11.1 Å². The Balaban J connectivity index is 1.91. The van der Waals surface area contributed by atoms with Gasteiger partial charge in [0, 0.05) is 18.6 Å². The highest BCUT2D eigenvalue weighted by atomic mass is 32.2. The number of pyridine rings is 1. The van der Waals surface area contributed by atoms with E-state index in [2.05, 4.69) is 0 Å². The summed E-state index contributed by atoms with van der Waals surface area (Å²) in [7, 11) is -3.87. The van der Waals surface area contributed by atoms with Crippen LogP contribution in [0.1, 0.15) is 17.5 Å². The zero-order valence-corrected chi connectivity index (χ0v) is 12.4. The van der Waals surface area contributed by atoms with E-state index in [0.717, 1.165) is 11.1 Å². The minimum atomic E-state index is -3.87. The van der Waals surface area contributed by atoms with Gasteiger partial charge in [0.2, 0.25) is 0 Å². The molecule has 4 nitrogen and oxygen atoms in total. The van der Waals surface area contributed by atoms with E-state index >= 15 is 0 Å². The van der Waals surface area contributed by atoms with E-state index in [-0.39, 0.29) is 5.75 Å². The van der Waals surface area contributed by atoms with Crippen LogP contribution in [0.25, 0.3) is 12.2 Å². The average Bonchev–Trinajstić information content (AvgIpc) is 2.46. The predicted octanol–water partition coefficient (Wildman–Crippen LogP) is 2.42. The third-order valence-electron chi connectivity index (χ3n) is 3.00. The molecule has 0 amide bonds. The first-order valence-electron chi connectivity index (χ1n) is 6.70. The second kappa shape index (κ2) is 7.15. The van der Waals surface area contributed by atoms with Crippen molar-refractivity contribution >= 4 is 22.3 Å². The molecule has 0 bridgehead atoms. The van der Waals surface area contributed by atoms with Crippen LogP contribution in [0, 0.1) is 0 Å². The smallest absolute Gasteiger partial charge is 0.265 e. The van der Waals surface area contributed by atoms with Crippen LogP contribution in [0.4, 0.5) is 0 Å². The SMILES string of the molecule is O=S(=O)(O)CCC[n+]1ccc(/C=C\c2ccccc2)cc1. The average molecular weight is 304 g/mol. The number of aryl methyl sites for hydroxylation is 1. The highest BCUT2D eigenvalue weighted by Gasteiger charge is 2.06. The summed E-state index contributed by atoms with van der Waals surface area (Å²) in [5, 5.41) is 0. The lowest BCUT2D eigenvalue weighted by molar-refractivity contribution is -0.696. The van der Waals surface area contributed by atoms with Gasteiger partial charge < -0.3 is 0 Å². The van der Waals surface area contributed by atoms with Gasteiger partial charge in [-0.25, -0.2) is 4.57 Å². The highest BCUT2D eigenvalue weighted by Crippen LogP contribution is 2.06. The molecule has 2 rings (SSSR count). The Morgan fingerprint density at radius 1 is 0.952 bits per heavy atom. The highest BCUT2D eigenvalue weighted by molar-refractivity contribution is 7.85. The molecule has 1 heterocycles. The Labute approximate surface area is 125 Å². The normalized spacial score (nSPS) is 11.9. The van der Waals surface area contributed by atoms with Crippen molar-refractivity contribution in [2.45, 2.75) is 13.0 Å². The summed E-state index contributed by atoms with van der Waals surface area (Å²) in [5.74, 6) is -0.213. The second-order valence-corrected chi connectivity index (χ2v) is 6.32. The minimum Gasteiger partial charge on any atom is -0.286 e. The molecule has 0 saturated heterocycles. The molecule has 0 radical (unpaired) electrons. The van der Waals surface area contributed by atoms with Crippen molar-refractivity contribution in [2.24, 2.45) is 0 Å². The van der Waals surface area contributed by atoms with Crippen LogP contribution in [0.2, 0.25) is 0 Å². The molecule has 0 atom stereocenters. The largest absolute Gasteiger partial charge is 0.286 e. The zero-order valence-electron chi connectivity index (χ0n) is 11.6. The molecule has 0 aliphatic rings. The van der Waals surface area contributed by atoms with Gasteiger partial charge in [0.15, 0.2) is 12.4 Å². The van der Waals surface area contributed by atoms with E-state index in [1.165, 1.54) is 0 Å². The van der Waals surface area contributed by atoms with Gasteiger partial charge in [-0.1, -0.05) is 42.5 Å². The first-order chi connectivity index (χ1) is 10.0. The lowest BCUT2D eigenvalue weighted by atomic mass is 10.1. The summed E-state index contributed by atoms with van der Waals surface area (Å²) in [4.78, 5) is 0. The Morgan fingerprint density at radius 3 is 2.10 bits per heavy atom. The first kappa shape index (κ1) is 15.4. The zero-order chi connectivity index (χ0) is 15.1. The monoisotopic (exact) mass is 304 g/mol. The molecule has 1 aromatic heterocycles. The van der Waals surface area contributed by atoms with E-state index in [1.807, 2.05) is 71.6 Å². The molecule has 0 aliphatic heterocycles. The third-order valence-corrected chi connectivity index (χ3v) is 3.81. The first-order valence-corrected chi connectivity index (χ1v) is 8.31. The van der Waals surface area contributed by atoms with E-state index in [1.54, 1.807) is 0 Å². The van der Waals surface area contributed by atoms with Gasteiger partial charge >= 0.3 is 0 Å². The Kier molecular flexibility index (Phi) is 5.25. The van der Waals surface area contributed by atoms with Crippen LogP contribution in [-0.4, -0.2) is 18.7 Å². The number of aromatic nitrogens is 1. The van der Waals surface area contributed by atoms with E-state index < -0.39 is 10.1 Å². The standard InChI is InChI=1S/C16H17NO3S/c18-21(19,20)14-4-11-17-12-9-16(10-13-17)8-7-15-5-2-1-3-6-15/h1-3,5-10,12-13H,4,11,14H2/p+1/b8-7-. The molecule has 1 N–H and O–H groups in total. The summed E-state index contributed by atoms with van der Waals surface area (Å²) in [6, 6.07) is 14.0. The van der Waals surface area contributed by atoms with Crippen LogP contribution < -0.4 is 4.57 Å². The van der Waals surface area contributed by atoms with Gasteiger partial charge in [0.1, 0.15) is 6.54 Å². The van der Waals surface area contributed by atoms with Gasteiger partial charge in [0.25, 0.3) is 10.1 Å². The Bertz CT molecular complexity index is 692. The van der Waals surface area contributed by atoms with Crippen molar-refractivity contribution in [3.63, 3.8) is 0 Å². The lowest BCUT2D eigenvalue weighted by Crippen LogP contribution is -2.33. The fourth-order valence-corrected chi connectivity index (χ4v) is 2.41. The number of hydrogen-bond acceptors (Lipinski definition) is 2. The van der Waals surface area contributed by atoms with Crippen molar-refractivity contribution in [1.82, 2.24) is 0 Å². The molecule has 5 heteroatoms. The van der Waals surface area contributed by atoms with Crippen LogP contribution >= 0.6 is 0 Å². The van der Waals surface area contributed by atoms with E-state index in [0.29, 0.717) is 13.0 Å². The summed E-state index contributed by atoms with van der Waals surface area (Å²) < 4.78 is 31.8. The Morgan fingerprint density at radius 2 is 1.52 bits per heavy atom. The van der Waals surface area contributed by atoms with Crippen LogP contribution in [0.15, 0.2) is 54.9 Å². The van der Waals surface area contributed by atoms with Gasteiger partial charge in [-0.2, -0.15) is 8.42 Å². The molecular weight excluding hydrogens is 286 g/mol. The fraction of sp³-hybridized carbons (Fsp3) is 0.188. The number of nitrogens with zero attached hydrogens (tertiary/aromatic N) is 1. The van der Waals surface area contributed by atoms with Crippen molar-refractivity contribution < 1.29 is 17.5 Å². The number of benzene rings is 1. The van der Waals surface area contributed by atoms with Gasteiger partial charge in [-0.3, -0.25) is 4.55 Å². The van der Waals surface area contributed by atoms with Crippen molar-refractivity contribution in [1.29, 1.82) is 0 Å². The molecular formula is C16H18NO3S+. The maximum atomic E-state index is 10.6. The van der Waals surface area contributed by atoms with Crippen molar-refractivity contribution in [3.8, 4) is 0 Å². The van der Waals surface area contributed by atoms with Crippen molar-refractivity contribution in [3.05, 3.63) is 66.0 Å². The van der Waals surface area contributed by atoms with E-state index in [4.69, 9.17) is 4.55 Å². The maximum absolute atomic E-state index is 10.6. The topological polar surface area (TPSA) is 58.3 Å². The molecule has 2 aromatic rings. The van der Waals surface area contributed by atoms with Crippen LogP contribution in [-0.2, 0) is 16.7 Å². The molecule has 0 unspecified atom stereocenters. The molecule has 0 fully saturated rings. The summed E-state index contributed by atoms with van der Waals surface area (Å²) in [5.41, 5.74) is 2.22. The quantitative estimate of drug-likeness (QED) is 0.658. The lowest BCUT2D eigenvalue weighted by Gasteiger charge is -1.97. The van der Waals surface area contributed by atoms with Gasteiger partial charge in [-0.15, -0.1) is 0 Å². The number of hydrogen-bond donors (Lipinski definition) is 1. The molecule has 0 spiro atoms. The van der Waals surface area contributed by atoms with Crippen LogP contribution in [0.3, 0.4) is 0 Å². The molecule has 0 saturated carbocycles. The summed E-state index contributed by atoms with van der Waals surface area (Å²) in [6.07, 6.45) is 8.25. The molecule has 110 valence electrons. The summed E-state index contributed by atoms with van der Waals surface area (Å²) >= 11 is 0. The summed E-state index contributed by atoms with van der Waals surface area (Å²) in [6.45, 7) is 0.558. The molecule has 0 aliphatic carbocycles. The van der Waals surface area contributed by atoms with Gasteiger partial charge in [0.05, 0.1) is 5.75 Å². The minimum absolute atomic E-state index is 0.213. The Hall–Kier alpha value is -1.98. The molecule has 1 aromatic carbocycles. The second-order valence-electron chi connectivity index (χ2n) is 4.75. The number of rotatable bonds is 6. The van der Waals surface area contributed by atoms with Crippen molar-refractivity contribution in [2.75, 3.05) is 5.75 Å². The third kappa shape index (κ3) is 5.89. The van der Waals surface area contributed by atoms with Crippen LogP contribution in [0.5, 0.6) is 0 Å². The fourth-order valence-electron chi connectivity index (χ4n) is 1.92. The maximum Gasteiger partial charge on any atom is 0.265 e.